The van der Waals surface area contributed by atoms with E-state index in [0.29, 0.717) is 15.6 Å². The Balaban J connectivity index is 3.19. The molecule has 1 rings (SSSR count). The van der Waals surface area contributed by atoms with Gasteiger partial charge in [-0.15, -0.1) is 0 Å². The average Bonchev–Trinajstić information content (AvgIpc) is 1.88. The lowest BCUT2D eigenvalue weighted by Gasteiger charge is -1.92. The first kappa shape index (κ1) is 7.59. The Morgan fingerprint density at radius 3 is 2.80 bits per heavy atom. The SMILES string of the molecule is O=Cc1ccc(F)nc1I. The highest BCUT2D eigenvalue weighted by Crippen LogP contribution is 2.06. The van der Waals surface area contributed by atoms with Crippen molar-refractivity contribution in [3.05, 3.63) is 27.3 Å². The molecule has 1 aromatic rings. The molecule has 0 N–H and O–H groups in total. The Morgan fingerprint density at radius 1 is 1.60 bits per heavy atom. The minimum Gasteiger partial charge on any atom is -0.298 e. The monoisotopic (exact) mass is 251 g/mol. The van der Waals surface area contributed by atoms with Gasteiger partial charge in [-0.25, -0.2) is 4.98 Å². The van der Waals surface area contributed by atoms with E-state index in [4.69, 9.17) is 0 Å². The van der Waals surface area contributed by atoms with Crippen LogP contribution in [0, 0.1) is 9.65 Å². The smallest absolute Gasteiger partial charge is 0.213 e. The van der Waals surface area contributed by atoms with Gasteiger partial charge in [0.2, 0.25) is 5.95 Å². The number of pyridine rings is 1. The first-order chi connectivity index (χ1) is 4.74. The molecule has 0 aliphatic carbocycles. The Bertz CT molecular complexity index is 264. The molecular weight excluding hydrogens is 248 g/mol. The van der Waals surface area contributed by atoms with Crippen LogP contribution in [0.5, 0.6) is 0 Å². The summed E-state index contributed by atoms with van der Waals surface area (Å²) >= 11 is 1.80. The summed E-state index contributed by atoms with van der Waals surface area (Å²) in [6.45, 7) is 0. The molecule has 0 aliphatic rings. The molecule has 1 heterocycles. The minimum absolute atomic E-state index is 0.396. The maximum atomic E-state index is 12.3. The van der Waals surface area contributed by atoms with Crippen LogP contribution in [0.1, 0.15) is 10.4 Å². The van der Waals surface area contributed by atoms with Crippen LogP contribution in [0.4, 0.5) is 4.39 Å². The lowest BCUT2D eigenvalue weighted by molar-refractivity contribution is 0.112. The van der Waals surface area contributed by atoms with Crippen LogP contribution in [0.2, 0.25) is 0 Å². The van der Waals surface area contributed by atoms with Gasteiger partial charge >= 0.3 is 0 Å². The van der Waals surface area contributed by atoms with Crippen LogP contribution >= 0.6 is 22.6 Å². The lowest BCUT2D eigenvalue weighted by atomic mass is 10.3. The normalized spacial score (nSPS) is 9.40. The maximum Gasteiger partial charge on any atom is 0.213 e. The van der Waals surface area contributed by atoms with Crippen molar-refractivity contribution in [2.24, 2.45) is 0 Å². The number of rotatable bonds is 1. The van der Waals surface area contributed by atoms with E-state index in [0.717, 1.165) is 6.07 Å². The Morgan fingerprint density at radius 2 is 2.30 bits per heavy atom. The molecular formula is C6H3FINO. The van der Waals surface area contributed by atoms with Gasteiger partial charge in [-0.1, -0.05) is 0 Å². The Hall–Kier alpha value is -0.520. The molecule has 0 atom stereocenters. The molecule has 52 valence electrons. The van der Waals surface area contributed by atoms with Crippen molar-refractivity contribution in [1.82, 2.24) is 4.98 Å². The third-order valence-electron chi connectivity index (χ3n) is 0.971. The quantitative estimate of drug-likeness (QED) is 0.431. The van der Waals surface area contributed by atoms with Gasteiger partial charge in [0, 0.05) is 5.56 Å². The molecule has 0 aromatic carbocycles. The first-order valence-electron chi connectivity index (χ1n) is 2.51. The van der Waals surface area contributed by atoms with Crippen LogP contribution in [-0.2, 0) is 0 Å². The predicted molar refractivity (Wildman–Crippen MR) is 42.3 cm³/mol. The van der Waals surface area contributed by atoms with Crippen LogP contribution in [0.3, 0.4) is 0 Å². The number of carbonyl (C=O) groups excluding carboxylic acids is 1. The van der Waals surface area contributed by atoms with Gasteiger partial charge in [0.25, 0.3) is 0 Å². The zero-order chi connectivity index (χ0) is 7.56. The topological polar surface area (TPSA) is 30.0 Å². The van der Waals surface area contributed by atoms with Gasteiger partial charge in [0.1, 0.15) is 3.70 Å². The average molecular weight is 251 g/mol. The molecule has 0 saturated carbocycles. The summed E-state index contributed by atoms with van der Waals surface area (Å²) in [5.74, 6) is -0.560. The van der Waals surface area contributed by atoms with Crippen molar-refractivity contribution in [2.75, 3.05) is 0 Å². The van der Waals surface area contributed by atoms with E-state index in [1.807, 2.05) is 0 Å². The summed E-state index contributed by atoms with van der Waals surface area (Å²) in [6, 6.07) is 2.56. The number of aldehydes is 1. The highest BCUT2D eigenvalue weighted by atomic mass is 127. The van der Waals surface area contributed by atoms with E-state index in [2.05, 4.69) is 4.98 Å². The number of halogens is 2. The van der Waals surface area contributed by atoms with Gasteiger partial charge in [0.05, 0.1) is 0 Å². The third-order valence-corrected chi connectivity index (χ3v) is 1.83. The van der Waals surface area contributed by atoms with Crippen molar-refractivity contribution in [3.8, 4) is 0 Å². The van der Waals surface area contributed by atoms with Crippen LogP contribution in [0.25, 0.3) is 0 Å². The number of hydrogen-bond acceptors (Lipinski definition) is 2. The van der Waals surface area contributed by atoms with Crippen LogP contribution in [0.15, 0.2) is 12.1 Å². The maximum absolute atomic E-state index is 12.3. The molecule has 0 aliphatic heterocycles. The molecule has 0 fully saturated rings. The van der Waals surface area contributed by atoms with Gasteiger partial charge in [-0.05, 0) is 34.7 Å². The Kier molecular flexibility index (Phi) is 2.31. The number of nitrogens with zero attached hydrogens (tertiary/aromatic N) is 1. The summed E-state index contributed by atoms with van der Waals surface area (Å²) < 4.78 is 12.6. The molecule has 4 heteroatoms. The zero-order valence-corrected chi connectivity index (χ0v) is 7.00. The summed E-state index contributed by atoms with van der Waals surface area (Å²) in [6.07, 6.45) is 0.647. The molecule has 2 nitrogen and oxygen atoms in total. The van der Waals surface area contributed by atoms with E-state index in [-0.39, 0.29) is 0 Å². The second-order valence-electron chi connectivity index (χ2n) is 1.63. The number of carbonyl (C=O) groups is 1. The molecule has 0 amide bonds. The van der Waals surface area contributed by atoms with Crippen molar-refractivity contribution < 1.29 is 9.18 Å². The highest BCUT2D eigenvalue weighted by Gasteiger charge is 1.99. The van der Waals surface area contributed by atoms with Crippen molar-refractivity contribution in [2.45, 2.75) is 0 Å². The zero-order valence-electron chi connectivity index (χ0n) is 4.84. The van der Waals surface area contributed by atoms with E-state index in [9.17, 15) is 9.18 Å². The van der Waals surface area contributed by atoms with Crippen molar-refractivity contribution in [3.63, 3.8) is 0 Å². The summed E-state index contributed by atoms with van der Waals surface area (Å²) in [7, 11) is 0. The number of aromatic nitrogens is 1. The van der Waals surface area contributed by atoms with Crippen LogP contribution < -0.4 is 0 Å². The summed E-state index contributed by atoms with van der Waals surface area (Å²) in [4.78, 5) is 13.6. The molecule has 0 unspecified atom stereocenters. The van der Waals surface area contributed by atoms with Gasteiger partial charge in [-0.2, -0.15) is 4.39 Å². The minimum atomic E-state index is -0.560. The molecule has 10 heavy (non-hydrogen) atoms. The predicted octanol–water partition coefficient (Wildman–Crippen LogP) is 1.64. The number of hydrogen-bond donors (Lipinski definition) is 0. The molecule has 1 aromatic heterocycles. The Labute approximate surface area is 70.6 Å². The van der Waals surface area contributed by atoms with Crippen molar-refractivity contribution >= 4 is 28.9 Å². The fourth-order valence-corrected chi connectivity index (χ4v) is 1.05. The van der Waals surface area contributed by atoms with Gasteiger partial charge in [0.15, 0.2) is 6.29 Å². The molecule has 0 saturated heterocycles. The van der Waals surface area contributed by atoms with E-state index >= 15 is 0 Å². The largest absolute Gasteiger partial charge is 0.298 e. The van der Waals surface area contributed by atoms with E-state index in [1.54, 1.807) is 22.6 Å². The summed E-state index contributed by atoms with van der Waals surface area (Å²) in [5.41, 5.74) is 0.419. The summed E-state index contributed by atoms with van der Waals surface area (Å²) in [5, 5.41) is 0. The fraction of sp³-hybridized carbons (Fsp3) is 0. The lowest BCUT2D eigenvalue weighted by Crippen LogP contribution is -1.92. The van der Waals surface area contributed by atoms with Gasteiger partial charge < -0.3 is 0 Å². The third kappa shape index (κ3) is 1.50. The second kappa shape index (κ2) is 3.05. The first-order valence-corrected chi connectivity index (χ1v) is 3.59. The molecule has 0 radical (unpaired) electrons. The fourth-order valence-electron chi connectivity index (χ4n) is 0.511. The van der Waals surface area contributed by atoms with E-state index in [1.165, 1.54) is 6.07 Å². The molecule has 0 spiro atoms. The van der Waals surface area contributed by atoms with Gasteiger partial charge in [-0.3, -0.25) is 4.79 Å². The van der Waals surface area contributed by atoms with Crippen molar-refractivity contribution in [1.29, 1.82) is 0 Å². The second-order valence-corrected chi connectivity index (χ2v) is 2.65. The van der Waals surface area contributed by atoms with E-state index < -0.39 is 5.95 Å². The molecule has 0 bridgehead atoms. The highest BCUT2D eigenvalue weighted by molar-refractivity contribution is 14.1. The van der Waals surface area contributed by atoms with Crippen LogP contribution in [-0.4, -0.2) is 11.3 Å². The standard InChI is InChI=1S/C6H3FINO/c7-5-2-1-4(3-10)6(8)9-5/h1-3H.